The van der Waals surface area contributed by atoms with Crippen LogP contribution in [0.3, 0.4) is 0 Å². The molecule has 0 spiro atoms. The van der Waals surface area contributed by atoms with Crippen molar-refractivity contribution in [3.8, 4) is 0 Å². The summed E-state index contributed by atoms with van der Waals surface area (Å²) in [5, 5.41) is 5.95. The minimum atomic E-state index is -0.197. The first-order valence-electron chi connectivity index (χ1n) is 7.71. The van der Waals surface area contributed by atoms with Crippen molar-refractivity contribution in [2.45, 2.75) is 19.4 Å². The van der Waals surface area contributed by atoms with Crippen LogP contribution >= 0.6 is 24.2 Å². The number of hydrogen-bond donors (Lipinski definition) is 2. The fourth-order valence-corrected chi connectivity index (χ4v) is 3.45. The SMILES string of the molecule is Cl.O=C(Nc1ccc(CN2C(=O)CSC2=O)cc1)C1CCCNC1. The van der Waals surface area contributed by atoms with Gasteiger partial charge in [-0.25, -0.2) is 0 Å². The van der Waals surface area contributed by atoms with Gasteiger partial charge in [0.25, 0.3) is 5.24 Å². The number of carbonyl (C=O) groups excluding carboxylic acids is 3. The molecule has 0 aliphatic carbocycles. The molecular formula is C16H20ClN3O3S. The molecule has 2 aliphatic rings. The first-order chi connectivity index (χ1) is 11.1. The Kier molecular flexibility index (Phi) is 6.65. The van der Waals surface area contributed by atoms with Crippen LogP contribution in [-0.4, -0.2) is 40.8 Å². The summed E-state index contributed by atoms with van der Waals surface area (Å²) in [5.41, 5.74) is 1.60. The van der Waals surface area contributed by atoms with E-state index in [4.69, 9.17) is 0 Å². The summed E-state index contributed by atoms with van der Waals surface area (Å²) in [5.74, 6) is 0.122. The maximum atomic E-state index is 12.2. The van der Waals surface area contributed by atoms with Crippen LogP contribution in [0.5, 0.6) is 0 Å². The van der Waals surface area contributed by atoms with Crippen molar-refractivity contribution >= 4 is 46.9 Å². The van der Waals surface area contributed by atoms with Gasteiger partial charge in [0.2, 0.25) is 11.8 Å². The number of carbonyl (C=O) groups is 3. The molecule has 0 bridgehead atoms. The zero-order valence-electron chi connectivity index (χ0n) is 13.1. The predicted molar refractivity (Wildman–Crippen MR) is 96.3 cm³/mol. The monoisotopic (exact) mass is 369 g/mol. The standard InChI is InChI=1S/C16H19N3O3S.ClH/c20-14-10-23-16(22)19(14)9-11-3-5-13(6-4-11)18-15(21)12-2-1-7-17-8-12;/h3-6,12,17H,1-2,7-10H2,(H,18,21);1H. The average Bonchev–Trinajstić information content (AvgIpc) is 2.89. The van der Waals surface area contributed by atoms with Gasteiger partial charge in [-0.2, -0.15) is 0 Å². The Balaban J connectivity index is 0.00000208. The highest BCUT2D eigenvalue weighted by Crippen LogP contribution is 2.22. The van der Waals surface area contributed by atoms with Crippen LogP contribution < -0.4 is 10.6 Å². The molecule has 130 valence electrons. The molecule has 0 radical (unpaired) electrons. The molecule has 1 aromatic rings. The van der Waals surface area contributed by atoms with Crippen LogP contribution in [0.2, 0.25) is 0 Å². The average molecular weight is 370 g/mol. The van der Waals surface area contributed by atoms with E-state index in [2.05, 4.69) is 10.6 Å². The number of anilines is 1. The molecule has 1 aromatic carbocycles. The molecule has 3 rings (SSSR count). The second-order valence-electron chi connectivity index (χ2n) is 5.76. The molecule has 3 amide bonds. The summed E-state index contributed by atoms with van der Waals surface area (Å²) >= 11 is 1.03. The van der Waals surface area contributed by atoms with E-state index in [0.717, 1.165) is 48.9 Å². The number of nitrogens with one attached hydrogen (secondary N) is 2. The number of piperidine rings is 1. The topological polar surface area (TPSA) is 78.5 Å². The Morgan fingerprint density at radius 3 is 2.62 bits per heavy atom. The lowest BCUT2D eigenvalue weighted by molar-refractivity contribution is -0.125. The molecule has 1 unspecified atom stereocenters. The van der Waals surface area contributed by atoms with Gasteiger partial charge in [-0.05, 0) is 37.1 Å². The smallest absolute Gasteiger partial charge is 0.289 e. The maximum absolute atomic E-state index is 12.2. The van der Waals surface area contributed by atoms with Gasteiger partial charge in [0.05, 0.1) is 18.2 Å². The highest BCUT2D eigenvalue weighted by molar-refractivity contribution is 8.14. The minimum Gasteiger partial charge on any atom is -0.326 e. The fourth-order valence-electron chi connectivity index (χ4n) is 2.73. The zero-order valence-corrected chi connectivity index (χ0v) is 14.8. The summed E-state index contributed by atoms with van der Waals surface area (Å²) in [6.07, 6.45) is 1.93. The van der Waals surface area contributed by atoms with Crippen LogP contribution in [0.15, 0.2) is 24.3 Å². The number of rotatable bonds is 4. The first kappa shape index (κ1) is 18.8. The normalized spacial score (nSPS) is 20.7. The number of hydrogen-bond acceptors (Lipinski definition) is 5. The highest BCUT2D eigenvalue weighted by atomic mass is 35.5. The third-order valence-corrected chi connectivity index (χ3v) is 4.93. The molecule has 0 aromatic heterocycles. The summed E-state index contributed by atoms with van der Waals surface area (Å²) in [7, 11) is 0. The number of nitrogens with zero attached hydrogens (tertiary/aromatic N) is 1. The number of benzene rings is 1. The number of amides is 3. The van der Waals surface area contributed by atoms with Crippen LogP contribution in [0, 0.1) is 5.92 Å². The van der Waals surface area contributed by atoms with Crippen LogP contribution in [0.25, 0.3) is 0 Å². The molecule has 1 atom stereocenters. The summed E-state index contributed by atoms with van der Waals surface area (Å²) < 4.78 is 0. The summed E-state index contributed by atoms with van der Waals surface area (Å²) in [6.45, 7) is 1.98. The summed E-state index contributed by atoms with van der Waals surface area (Å²) in [6, 6.07) is 7.28. The van der Waals surface area contributed by atoms with Crippen molar-refractivity contribution in [1.82, 2.24) is 10.2 Å². The van der Waals surface area contributed by atoms with Crippen molar-refractivity contribution in [1.29, 1.82) is 0 Å². The van der Waals surface area contributed by atoms with Crippen LogP contribution in [0.4, 0.5) is 10.5 Å². The lowest BCUT2D eigenvalue weighted by atomic mass is 9.99. The second-order valence-corrected chi connectivity index (χ2v) is 6.69. The Bertz CT molecular complexity index is 601. The van der Waals surface area contributed by atoms with Gasteiger partial charge in [-0.3, -0.25) is 19.3 Å². The van der Waals surface area contributed by atoms with E-state index in [1.165, 1.54) is 4.90 Å². The van der Waals surface area contributed by atoms with Crippen molar-refractivity contribution in [3.05, 3.63) is 29.8 Å². The van der Waals surface area contributed by atoms with E-state index in [1.807, 2.05) is 24.3 Å². The van der Waals surface area contributed by atoms with Crippen molar-refractivity contribution in [2.75, 3.05) is 24.2 Å². The fraction of sp³-hybridized carbons (Fsp3) is 0.438. The number of halogens is 1. The van der Waals surface area contributed by atoms with E-state index in [1.54, 1.807) is 0 Å². The molecule has 2 aliphatic heterocycles. The minimum absolute atomic E-state index is 0. The van der Waals surface area contributed by atoms with Gasteiger partial charge in [0, 0.05) is 12.2 Å². The van der Waals surface area contributed by atoms with E-state index >= 15 is 0 Å². The van der Waals surface area contributed by atoms with Crippen LogP contribution in [-0.2, 0) is 16.1 Å². The van der Waals surface area contributed by atoms with Gasteiger partial charge in [0.15, 0.2) is 0 Å². The van der Waals surface area contributed by atoms with E-state index in [-0.39, 0.29) is 47.7 Å². The van der Waals surface area contributed by atoms with Crippen LogP contribution in [0.1, 0.15) is 18.4 Å². The van der Waals surface area contributed by atoms with E-state index in [9.17, 15) is 14.4 Å². The Morgan fingerprint density at radius 1 is 1.29 bits per heavy atom. The summed E-state index contributed by atoms with van der Waals surface area (Å²) in [4.78, 5) is 36.6. The maximum Gasteiger partial charge on any atom is 0.289 e. The molecule has 6 nitrogen and oxygen atoms in total. The third kappa shape index (κ3) is 4.49. The largest absolute Gasteiger partial charge is 0.326 e. The van der Waals surface area contributed by atoms with Gasteiger partial charge in [-0.1, -0.05) is 23.9 Å². The number of imide groups is 1. The van der Waals surface area contributed by atoms with E-state index in [0.29, 0.717) is 0 Å². The van der Waals surface area contributed by atoms with Gasteiger partial charge in [0.1, 0.15) is 0 Å². The molecule has 2 saturated heterocycles. The molecule has 8 heteroatoms. The highest BCUT2D eigenvalue weighted by Gasteiger charge is 2.29. The first-order valence-corrected chi connectivity index (χ1v) is 8.69. The van der Waals surface area contributed by atoms with Crippen molar-refractivity contribution in [2.24, 2.45) is 5.92 Å². The van der Waals surface area contributed by atoms with E-state index < -0.39 is 0 Å². The van der Waals surface area contributed by atoms with Gasteiger partial charge in [-0.15, -0.1) is 12.4 Å². The Labute approximate surface area is 151 Å². The van der Waals surface area contributed by atoms with Crippen molar-refractivity contribution < 1.29 is 14.4 Å². The van der Waals surface area contributed by atoms with Gasteiger partial charge >= 0.3 is 0 Å². The molecular weight excluding hydrogens is 350 g/mol. The zero-order chi connectivity index (χ0) is 16.2. The van der Waals surface area contributed by atoms with Gasteiger partial charge < -0.3 is 10.6 Å². The molecule has 2 N–H and O–H groups in total. The molecule has 0 saturated carbocycles. The second kappa shape index (κ2) is 8.50. The molecule has 2 fully saturated rings. The molecule has 24 heavy (non-hydrogen) atoms. The third-order valence-electron chi connectivity index (χ3n) is 4.07. The Morgan fingerprint density at radius 2 is 2.04 bits per heavy atom. The molecule has 2 heterocycles. The Hall–Kier alpha value is -1.57. The predicted octanol–water partition coefficient (Wildman–Crippen LogP) is 2.24. The number of thioether (sulfide) groups is 1. The lowest BCUT2D eigenvalue weighted by Gasteiger charge is -2.22. The lowest BCUT2D eigenvalue weighted by Crippen LogP contribution is -2.37. The quantitative estimate of drug-likeness (QED) is 0.851. The van der Waals surface area contributed by atoms with Crippen molar-refractivity contribution in [3.63, 3.8) is 0 Å².